The second-order valence-corrected chi connectivity index (χ2v) is 2.88. The maximum Gasteiger partial charge on any atom is 0.334 e. The van der Waals surface area contributed by atoms with E-state index in [0.717, 1.165) is 17.3 Å². The smallest absolute Gasteiger partial charge is 0.334 e. The summed E-state index contributed by atoms with van der Waals surface area (Å²) in [5, 5.41) is 0.823. The highest BCUT2D eigenvalue weighted by atomic mass is 79.9. The first kappa shape index (κ1) is 8.53. The van der Waals surface area contributed by atoms with E-state index in [1.165, 1.54) is 12.7 Å². The van der Waals surface area contributed by atoms with E-state index < -0.39 is 0 Å². The van der Waals surface area contributed by atoms with E-state index in [0.29, 0.717) is 0 Å². The Morgan fingerprint density at radius 3 is 2.91 bits per heavy atom. The van der Waals surface area contributed by atoms with Gasteiger partial charge in [-0.05, 0) is 0 Å². The summed E-state index contributed by atoms with van der Waals surface area (Å²) in [4.78, 5) is 10.9. The average Bonchev–Trinajstić information content (AvgIpc) is 2.50. The van der Waals surface area contributed by atoms with Gasteiger partial charge < -0.3 is 4.74 Å². The van der Waals surface area contributed by atoms with Crippen molar-refractivity contribution in [2.75, 3.05) is 12.4 Å². The van der Waals surface area contributed by atoms with Gasteiger partial charge in [-0.25, -0.2) is 4.79 Å². The molecule has 0 saturated heterocycles. The minimum Gasteiger partial charge on any atom is -0.466 e. The second-order valence-electron chi connectivity index (χ2n) is 2.32. The van der Waals surface area contributed by atoms with E-state index in [2.05, 4.69) is 20.7 Å². The molecule has 0 aromatic rings. The molecule has 0 aromatic heterocycles. The fourth-order valence-corrected chi connectivity index (χ4v) is 1.33. The molecule has 0 radical (unpaired) electrons. The van der Waals surface area contributed by atoms with E-state index in [-0.39, 0.29) is 5.97 Å². The number of halogens is 1. The lowest BCUT2D eigenvalue weighted by Crippen LogP contribution is -2.03. The van der Waals surface area contributed by atoms with Crippen LogP contribution in [-0.4, -0.2) is 18.4 Å². The molecule has 1 rings (SSSR count). The Hall–Kier alpha value is -0.570. The number of carbonyl (C=O) groups is 1. The largest absolute Gasteiger partial charge is 0.466 e. The first-order valence-corrected chi connectivity index (χ1v) is 4.43. The highest BCUT2D eigenvalue weighted by Crippen LogP contribution is 2.20. The Balaban J connectivity index is 2.52. The van der Waals surface area contributed by atoms with E-state index in [4.69, 9.17) is 0 Å². The van der Waals surface area contributed by atoms with Crippen LogP contribution in [0.2, 0.25) is 0 Å². The maximum atomic E-state index is 10.9. The number of allylic oxidation sites excluding steroid dienone is 3. The zero-order valence-corrected chi connectivity index (χ0v) is 7.85. The molecule has 11 heavy (non-hydrogen) atoms. The lowest BCUT2D eigenvalue weighted by atomic mass is 10.2. The fourth-order valence-electron chi connectivity index (χ4n) is 0.944. The molecule has 0 bridgehead atoms. The summed E-state index contributed by atoms with van der Waals surface area (Å²) in [6.07, 6.45) is 4.47. The summed E-state index contributed by atoms with van der Waals surface area (Å²) >= 11 is 3.32. The normalized spacial score (nSPS) is 15.8. The molecule has 0 saturated carbocycles. The van der Waals surface area contributed by atoms with Gasteiger partial charge in [-0.2, -0.15) is 0 Å². The van der Waals surface area contributed by atoms with Crippen molar-refractivity contribution in [1.82, 2.24) is 0 Å². The molecule has 0 heterocycles. The molecule has 0 amide bonds. The Morgan fingerprint density at radius 1 is 1.73 bits per heavy atom. The lowest BCUT2D eigenvalue weighted by molar-refractivity contribution is -0.136. The van der Waals surface area contributed by atoms with Crippen molar-refractivity contribution in [3.63, 3.8) is 0 Å². The number of rotatable bonds is 2. The van der Waals surface area contributed by atoms with Gasteiger partial charge >= 0.3 is 5.97 Å². The molecule has 0 fully saturated rings. The van der Waals surface area contributed by atoms with Crippen LogP contribution in [0, 0.1) is 0 Å². The van der Waals surface area contributed by atoms with Crippen molar-refractivity contribution < 1.29 is 9.53 Å². The summed E-state index contributed by atoms with van der Waals surface area (Å²) in [5.74, 6) is -0.225. The minimum atomic E-state index is -0.225. The van der Waals surface area contributed by atoms with Gasteiger partial charge in [-0.1, -0.05) is 33.7 Å². The van der Waals surface area contributed by atoms with Gasteiger partial charge in [0.05, 0.1) is 7.11 Å². The number of methoxy groups -OCH3 is 1. The third-order valence-corrected chi connectivity index (χ3v) is 2.28. The van der Waals surface area contributed by atoms with E-state index in [1.807, 2.05) is 12.2 Å². The first-order valence-electron chi connectivity index (χ1n) is 3.31. The van der Waals surface area contributed by atoms with Gasteiger partial charge in [0.15, 0.2) is 0 Å². The Kier molecular flexibility index (Phi) is 2.88. The number of alkyl halides is 1. The molecule has 0 aliphatic heterocycles. The van der Waals surface area contributed by atoms with Gasteiger partial charge in [0.2, 0.25) is 0 Å². The van der Waals surface area contributed by atoms with Crippen LogP contribution in [0.15, 0.2) is 23.3 Å². The highest BCUT2D eigenvalue weighted by molar-refractivity contribution is 9.09. The van der Waals surface area contributed by atoms with E-state index in [1.54, 1.807) is 0 Å². The molecule has 0 spiro atoms. The zero-order chi connectivity index (χ0) is 8.27. The molecule has 0 aromatic carbocycles. The van der Waals surface area contributed by atoms with Gasteiger partial charge in [-0.15, -0.1) is 0 Å². The molecule has 2 nitrogen and oxygen atoms in total. The van der Waals surface area contributed by atoms with Crippen LogP contribution in [-0.2, 0) is 9.53 Å². The minimum absolute atomic E-state index is 0.225. The summed E-state index contributed by atoms with van der Waals surface area (Å²) in [7, 11) is 1.40. The molecule has 1 aliphatic rings. The third kappa shape index (κ3) is 1.93. The second kappa shape index (κ2) is 3.72. The van der Waals surface area contributed by atoms with Crippen molar-refractivity contribution >= 4 is 21.9 Å². The predicted molar refractivity (Wildman–Crippen MR) is 46.6 cm³/mol. The maximum absolute atomic E-state index is 10.9. The van der Waals surface area contributed by atoms with Crippen LogP contribution in [0.25, 0.3) is 0 Å². The van der Waals surface area contributed by atoms with Crippen molar-refractivity contribution in [2.24, 2.45) is 0 Å². The van der Waals surface area contributed by atoms with E-state index in [9.17, 15) is 4.79 Å². The molecule has 60 valence electrons. The molecular formula is C8H9BrO2. The van der Waals surface area contributed by atoms with E-state index >= 15 is 0 Å². The lowest BCUT2D eigenvalue weighted by Gasteiger charge is -1.99. The van der Waals surface area contributed by atoms with Crippen molar-refractivity contribution in [3.8, 4) is 0 Å². The fraction of sp³-hybridized carbons (Fsp3) is 0.375. The standard InChI is InChI=1S/C8H9BrO2/c1-11-8(10)7-3-2-6(4-7)5-9/h2-3H,4-5H2,1H3. The topological polar surface area (TPSA) is 26.3 Å². The molecule has 3 heteroatoms. The average molecular weight is 217 g/mol. The van der Waals surface area contributed by atoms with Crippen LogP contribution in [0.3, 0.4) is 0 Å². The molecule has 0 N–H and O–H groups in total. The quantitative estimate of drug-likeness (QED) is 0.520. The van der Waals surface area contributed by atoms with Crippen LogP contribution in [0.4, 0.5) is 0 Å². The SMILES string of the molecule is COC(=O)C1=CC=C(CBr)C1. The molecule has 0 atom stereocenters. The first-order chi connectivity index (χ1) is 5.27. The predicted octanol–water partition coefficient (Wildman–Crippen LogP) is 1.81. The molecule has 0 unspecified atom stereocenters. The van der Waals surface area contributed by atoms with Crippen LogP contribution >= 0.6 is 15.9 Å². The van der Waals surface area contributed by atoms with Gasteiger partial charge in [-0.3, -0.25) is 0 Å². The monoisotopic (exact) mass is 216 g/mol. The van der Waals surface area contributed by atoms with Crippen LogP contribution in [0.1, 0.15) is 6.42 Å². The zero-order valence-electron chi connectivity index (χ0n) is 6.26. The molecule has 1 aliphatic carbocycles. The van der Waals surface area contributed by atoms with Gasteiger partial charge in [0.1, 0.15) is 0 Å². The van der Waals surface area contributed by atoms with Crippen molar-refractivity contribution in [3.05, 3.63) is 23.3 Å². The Morgan fingerprint density at radius 2 is 2.45 bits per heavy atom. The number of hydrogen-bond acceptors (Lipinski definition) is 2. The number of ether oxygens (including phenoxy) is 1. The van der Waals surface area contributed by atoms with Gasteiger partial charge in [0, 0.05) is 17.3 Å². The highest BCUT2D eigenvalue weighted by Gasteiger charge is 2.14. The summed E-state index contributed by atoms with van der Waals surface area (Å²) in [5.41, 5.74) is 1.95. The summed E-state index contributed by atoms with van der Waals surface area (Å²) in [6, 6.07) is 0. The summed E-state index contributed by atoms with van der Waals surface area (Å²) in [6.45, 7) is 0. The van der Waals surface area contributed by atoms with Crippen LogP contribution < -0.4 is 0 Å². The van der Waals surface area contributed by atoms with Crippen molar-refractivity contribution in [2.45, 2.75) is 6.42 Å². The Labute approximate surface area is 74.1 Å². The Bertz CT molecular complexity index is 228. The number of carbonyl (C=O) groups excluding carboxylic acids is 1. The number of hydrogen-bond donors (Lipinski definition) is 0. The van der Waals surface area contributed by atoms with Gasteiger partial charge in [0.25, 0.3) is 0 Å². The number of esters is 1. The summed E-state index contributed by atoms with van der Waals surface area (Å²) < 4.78 is 4.57. The van der Waals surface area contributed by atoms with Crippen molar-refractivity contribution in [1.29, 1.82) is 0 Å². The van der Waals surface area contributed by atoms with Crippen LogP contribution in [0.5, 0.6) is 0 Å². The third-order valence-electron chi connectivity index (χ3n) is 1.56. The molecular weight excluding hydrogens is 208 g/mol.